The van der Waals surface area contributed by atoms with E-state index < -0.39 is 0 Å². The molecule has 0 radical (unpaired) electrons. The highest BCUT2D eigenvalue weighted by atomic mass is 16.3. The zero-order valence-electron chi connectivity index (χ0n) is 20.9. The summed E-state index contributed by atoms with van der Waals surface area (Å²) in [6.07, 6.45) is 3.03. The fourth-order valence-electron chi connectivity index (χ4n) is 3.29. The van der Waals surface area contributed by atoms with E-state index in [0.29, 0.717) is 0 Å². The number of nitrogens with zero attached hydrogens (tertiary/aromatic N) is 1. The van der Waals surface area contributed by atoms with E-state index in [1.165, 1.54) is 34.6 Å². The van der Waals surface area contributed by atoms with E-state index in [0.717, 1.165) is 13.0 Å². The summed E-state index contributed by atoms with van der Waals surface area (Å²) in [7, 11) is 2.09. The van der Waals surface area contributed by atoms with Gasteiger partial charge in [0, 0.05) is 33.9 Å². The summed E-state index contributed by atoms with van der Waals surface area (Å²) in [4.78, 5) is 5.63. The third kappa shape index (κ3) is 8.49. The molecule has 0 unspecified atom stereocenters. The Labute approximate surface area is 185 Å². The highest BCUT2D eigenvalue weighted by Gasteiger charge is 2.23. The molecule has 3 aromatic rings. The van der Waals surface area contributed by atoms with Gasteiger partial charge < -0.3 is 10.1 Å². The van der Waals surface area contributed by atoms with Crippen molar-refractivity contribution in [3.63, 3.8) is 0 Å². The van der Waals surface area contributed by atoms with Crippen molar-refractivity contribution in [3.8, 4) is 0 Å². The molecule has 0 spiro atoms. The predicted octanol–water partition coefficient (Wildman–Crippen LogP) is 7.64. The molecule has 0 bridgehead atoms. The van der Waals surface area contributed by atoms with Crippen LogP contribution in [0.25, 0.3) is 21.8 Å². The minimum Gasteiger partial charge on any atom is -0.392 e. The van der Waals surface area contributed by atoms with Crippen molar-refractivity contribution in [2.75, 3.05) is 13.6 Å². The number of para-hydroxylation sites is 2. The molecule has 0 saturated heterocycles. The maximum Gasteiger partial charge on any atom is 0.0664 e. The van der Waals surface area contributed by atoms with Gasteiger partial charge in [0.1, 0.15) is 0 Å². The second kappa shape index (κ2) is 15.0. The summed E-state index contributed by atoms with van der Waals surface area (Å²) >= 11 is 0. The van der Waals surface area contributed by atoms with Crippen molar-refractivity contribution < 1.29 is 5.11 Å². The van der Waals surface area contributed by atoms with Crippen molar-refractivity contribution in [1.82, 2.24) is 9.88 Å². The second-order valence-electron chi connectivity index (χ2n) is 7.72. The zero-order chi connectivity index (χ0) is 23.2. The van der Waals surface area contributed by atoms with Gasteiger partial charge in [0.25, 0.3) is 0 Å². The number of hydrogen-bond donors (Lipinski definition) is 2. The van der Waals surface area contributed by atoms with Gasteiger partial charge in [-0.3, -0.25) is 4.90 Å². The van der Waals surface area contributed by atoms with Crippen molar-refractivity contribution in [3.05, 3.63) is 48.5 Å². The predicted molar refractivity (Wildman–Crippen MR) is 136 cm³/mol. The molecule has 0 saturated carbocycles. The number of aliphatic hydroxyl groups is 1. The Hall–Kier alpha value is -1.84. The van der Waals surface area contributed by atoms with Crippen LogP contribution in [0, 0.1) is 0 Å². The van der Waals surface area contributed by atoms with E-state index in [-0.39, 0.29) is 11.6 Å². The lowest BCUT2D eigenvalue weighted by molar-refractivity contribution is 0.0642. The van der Waals surface area contributed by atoms with Crippen molar-refractivity contribution in [2.24, 2.45) is 0 Å². The van der Waals surface area contributed by atoms with Crippen molar-refractivity contribution >= 4 is 21.8 Å². The summed E-state index contributed by atoms with van der Waals surface area (Å²) in [6.45, 7) is 17.5. The lowest BCUT2D eigenvalue weighted by Crippen LogP contribution is -2.44. The standard InChI is InChI=1S/C12H9N.C11H25NO.2C2H6/c1-3-7-11-9(5-1)10-6-2-4-8-12(10)13-11;1-6-8-11(3,4)12(5)9-10(13)7-2;2*1-2/h1-8,13H;10,13H,6-9H2,1-5H3;2*1-2H3/t;10-;;/m.1../s1. The van der Waals surface area contributed by atoms with Gasteiger partial charge in [-0.2, -0.15) is 0 Å². The second-order valence-corrected chi connectivity index (χ2v) is 7.72. The van der Waals surface area contributed by atoms with Crippen LogP contribution < -0.4 is 0 Å². The number of aliphatic hydroxyl groups excluding tert-OH is 1. The summed E-state index contributed by atoms with van der Waals surface area (Å²) < 4.78 is 0. The van der Waals surface area contributed by atoms with Crippen molar-refractivity contribution in [2.45, 2.75) is 86.3 Å². The molecule has 1 atom stereocenters. The molecule has 0 amide bonds. The number of aromatic amines is 1. The van der Waals surface area contributed by atoms with Crippen LogP contribution >= 0.6 is 0 Å². The highest BCUT2D eigenvalue weighted by Crippen LogP contribution is 2.24. The molecule has 30 heavy (non-hydrogen) atoms. The molecule has 1 heterocycles. The lowest BCUT2D eigenvalue weighted by atomic mass is 9.96. The minimum atomic E-state index is -0.180. The number of nitrogens with one attached hydrogen (secondary N) is 1. The molecule has 2 N–H and O–H groups in total. The Morgan fingerprint density at radius 2 is 1.30 bits per heavy atom. The average Bonchev–Trinajstić information content (AvgIpc) is 3.15. The van der Waals surface area contributed by atoms with Crippen LogP contribution in [0.3, 0.4) is 0 Å². The van der Waals surface area contributed by atoms with Crippen LogP contribution in [-0.2, 0) is 0 Å². The number of benzene rings is 2. The molecule has 0 aliphatic rings. The van der Waals surface area contributed by atoms with Crippen LogP contribution in [0.15, 0.2) is 48.5 Å². The molecule has 3 rings (SSSR count). The first-order valence-electron chi connectivity index (χ1n) is 11.7. The summed E-state index contributed by atoms with van der Waals surface area (Å²) in [5, 5.41) is 12.1. The molecule has 0 aliphatic heterocycles. The Morgan fingerprint density at radius 3 is 1.70 bits per heavy atom. The minimum absolute atomic E-state index is 0.180. The fraction of sp³-hybridized carbons (Fsp3) is 0.556. The maximum atomic E-state index is 9.52. The van der Waals surface area contributed by atoms with Gasteiger partial charge in [0.05, 0.1) is 6.10 Å². The lowest BCUT2D eigenvalue weighted by Gasteiger charge is -2.36. The van der Waals surface area contributed by atoms with Crippen LogP contribution in [0.5, 0.6) is 0 Å². The highest BCUT2D eigenvalue weighted by molar-refractivity contribution is 6.06. The van der Waals surface area contributed by atoms with Crippen LogP contribution in [-0.4, -0.2) is 40.2 Å². The van der Waals surface area contributed by atoms with E-state index in [4.69, 9.17) is 0 Å². The Bertz CT molecular complexity index is 756. The van der Waals surface area contributed by atoms with Crippen LogP contribution in [0.1, 0.15) is 74.7 Å². The van der Waals surface area contributed by atoms with Gasteiger partial charge in [-0.15, -0.1) is 0 Å². The first kappa shape index (κ1) is 28.2. The van der Waals surface area contributed by atoms with Crippen LogP contribution in [0.4, 0.5) is 0 Å². The molecule has 170 valence electrons. The number of fused-ring (bicyclic) bond motifs is 3. The Morgan fingerprint density at radius 1 is 0.867 bits per heavy atom. The Kier molecular flexibility index (Phi) is 14.1. The summed E-state index contributed by atoms with van der Waals surface area (Å²) in [5.41, 5.74) is 2.64. The topological polar surface area (TPSA) is 39.3 Å². The third-order valence-electron chi connectivity index (χ3n) is 5.26. The van der Waals surface area contributed by atoms with Gasteiger partial charge >= 0.3 is 0 Å². The molecule has 1 aromatic heterocycles. The molecule has 0 fully saturated rings. The quantitative estimate of drug-likeness (QED) is 0.435. The number of hydrogen-bond acceptors (Lipinski definition) is 2. The normalized spacial score (nSPS) is 11.7. The number of H-pyrrole nitrogens is 1. The number of rotatable bonds is 6. The largest absolute Gasteiger partial charge is 0.392 e. The number of likely N-dealkylation sites (N-methyl/N-ethyl adjacent to an activating group) is 1. The first-order chi connectivity index (χ1) is 14.4. The SMILES string of the molecule is CC.CC.CCCC(C)(C)N(C)C[C@H](O)CC.c1ccc2c(c1)[nH]c1ccccc12. The number of β-amino-alcohol motifs (C(OH)–C–C–N with tert-alkyl or cyclic N) is 1. The van der Waals surface area contributed by atoms with Gasteiger partial charge in [0.15, 0.2) is 0 Å². The molecule has 0 aliphatic carbocycles. The third-order valence-corrected chi connectivity index (χ3v) is 5.26. The van der Waals surface area contributed by atoms with E-state index in [1.54, 1.807) is 0 Å². The van der Waals surface area contributed by atoms with Gasteiger partial charge in [-0.1, -0.05) is 84.4 Å². The van der Waals surface area contributed by atoms with E-state index in [9.17, 15) is 5.11 Å². The van der Waals surface area contributed by atoms with E-state index >= 15 is 0 Å². The molecule has 3 heteroatoms. The smallest absolute Gasteiger partial charge is 0.0664 e. The monoisotopic (exact) mass is 414 g/mol. The first-order valence-corrected chi connectivity index (χ1v) is 11.7. The average molecular weight is 415 g/mol. The fourth-order valence-corrected chi connectivity index (χ4v) is 3.29. The summed E-state index contributed by atoms with van der Waals surface area (Å²) in [6, 6.07) is 16.8. The molecular formula is C27H46N2O. The maximum absolute atomic E-state index is 9.52. The van der Waals surface area contributed by atoms with E-state index in [2.05, 4.69) is 86.2 Å². The van der Waals surface area contributed by atoms with Gasteiger partial charge in [-0.25, -0.2) is 0 Å². The van der Waals surface area contributed by atoms with Crippen LogP contribution in [0.2, 0.25) is 0 Å². The molecular weight excluding hydrogens is 368 g/mol. The zero-order valence-corrected chi connectivity index (χ0v) is 20.9. The van der Waals surface area contributed by atoms with Gasteiger partial charge in [-0.05, 0) is 45.9 Å². The van der Waals surface area contributed by atoms with Gasteiger partial charge in [0.2, 0.25) is 0 Å². The molecule has 2 aromatic carbocycles. The van der Waals surface area contributed by atoms with Crippen molar-refractivity contribution in [1.29, 1.82) is 0 Å². The number of aromatic nitrogens is 1. The summed E-state index contributed by atoms with van der Waals surface area (Å²) in [5.74, 6) is 0. The Balaban J connectivity index is 0.000000481. The van der Waals surface area contributed by atoms with E-state index in [1.807, 2.05) is 34.6 Å². The molecule has 3 nitrogen and oxygen atoms in total.